The number of rotatable bonds is 5. The molecule has 0 saturated carbocycles. The highest BCUT2D eigenvalue weighted by Crippen LogP contribution is 2.35. The number of nitrogens with zero attached hydrogens (tertiary/aromatic N) is 3. The van der Waals surface area contributed by atoms with Crippen molar-refractivity contribution in [1.82, 2.24) is 9.97 Å². The van der Waals surface area contributed by atoms with Crippen LogP contribution in [0.1, 0.15) is 16.1 Å². The minimum absolute atomic E-state index is 0.256. The molecule has 0 atom stereocenters. The van der Waals surface area contributed by atoms with Crippen molar-refractivity contribution >= 4 is 55.8 Å². The molecule has 2 aromatic carbocycles. The number of anilines is 1. The zero-order valence-corrected chi connectivity index (χ0v) is 17.6. The van der Waals surface area contributed by atoms with Gasteiger partial charge in [0.25, 0.3) is 5.91 Å². The summed E-state index contributed by atoms with van der Waals surface area (Å²) >= 11 is 13.6. The van der Waals surface area contributed by atoms with E-state index in [1.54, 1.807) is 36.4 Å². The van der Waals surface area contributed by atoms with E-state index < -0.39 is 0 Å². The first-order valence-electron chi connectivity index (χ1n) is 8.66. The van der Waals surface area contributed by atoms with E-state index in [9.17, 15) is 4.79 Å². The number of pyridine rings is 1. The topological polar surface area (TPSA) is 55.3 Å². The Morgan fingerprint density at radius 1 is 1.10 bits per heavy atom. The third-order valence-electron chi connectivity index (χ3n) is 4.22. The summed E-state index contributed by atoms with van der Waals surface area (Å²) in [6, 6.07) is 16.0. The molecule has 0 bridgehead atoms. The molecular formula is C21H15Cl2N3O2S. The number of carbonyl (C=O) groups excluding carboxylic acids is 1. The van der Waals surface area contributed by atoms with Crippen LogP contribution in [0.15, 0.2) is 60.8 Å². The Bertz CT molecular complexity index is 1160. The number of benzene rings is 2. The number of hydrogen-bond donors (Lipinski definition) is 0. The Morgan fingerprint density at radius 2 is 1.90 bits per heavy atom. The summed E-state index contributed by atoms with van der Waals surface area (Å²) in [6.45, 7) is 0.256. The van der Waals surface area contributed by atoms with Crippen molar-refractivity contribution < 1.29 is 9.53 Å². The Morgan fingerprint density at radius 3 is 2.59 bits per heavy atom. The molecule has 2 heterocycles. The van der Waals surface area contributed by atoms with Crippen molar-refractivity contribution in [3.63, 3.8) is 0 Å². The van der Waals surface area contributed by atoms with Crippen molar-refractivity contribution in [1.29, 1.82) is 0 Å². The van der Waals surface area contributed by atoms with Crippen molar-refractivity contribution in [3.8, 4) is 5.75 Å². The first-order chi connectivity index (χ1) is 14.0. The zero-order chi connectivity index (χ0) is 20.4. The van der Waals surface area contributed by atoms with E-state index in [2.05, 4.69) is 9.97 Å². The van der Waals surface area contributed by atoms with Gasteiger partial charge in [-0.2, -0.15) is 0 Å². The zero-order valence-electron chi connectivity index (χ0n) is 15.3. The van der Waals surface area contributed by atoms with Crippen LogP contribution in [0.3, 0.4) is 0 Å². The van der Waals surface area contributed by atoms with E-state index >= 15 is 0 Å². The van der Waals surface area contributed by atoms with Crippen molar-refractivity contribution in [2.45, 2.75) is 6.54 Å². The van der Waals surface area contributed by atoms with Gasteiger partial charge in [0.1, 0.15) is 11.3 Å². The first kappa shape index (κ1) is 19.6. The Labute approximate surface area is 181 Å². The predicted octanol–water partition coefficient (Wildman–Crippen LogP) is 5.85. The van der Waals surface area contributed by atoms with E-state index in [0.29, 0.717) is 32.0 Å². The average molecular weight is 444 g/mol. The first-order valence-corrected chi connectivity index (χ1v) is 10.2. The summed E-state index contributed by atoms with van der Waals surface area (Å²) in [4.78, 5) is 24.0. The molecule has 0 aliphatic carbocycles. The lowest BCUT2D eigenvalue weighted by Gasteiger charge is -2.20. The molecule has 0 fully saturated rings. The molecule has 5 nitrogen and oxygen atoms in total. The SMILES string of the molecule is COc1cccc2sc(N(Cc3ccccn3)C(=O)c3cc(Cl)cc(Cl)c3)nc12. The fraction of sp³-hybridized carbons (Fsp3) is 0.0952. The predicted molar refractivity (Wildman–Crippen MR) is 117 cm³/mol. The summed E-state index contributed by atoms with van der Waals surface area (Å²) in [7, 11) is 1.60. The molecule has 29 heavy (non-hydrogen) atoms. The standard InChI is InChI=1S/C21H15Cl2N3O2S/c1-28-17-6-4-7-18-19(17)25-21(29-18)26(12-16-5-2-3-8-24-16)20(27)13-9-14(22)11-15(23)10-13/h2-11H,12H2,1H3. The Hall–Kier alpha value is -2.67. The van der Waals surface area contributed by atoms with Gasteiger partial charge in [0.2, 0.25) is 0 Å². The summed E-state index contributed by atoms with van der Waals surface area (Å²) in [5.74, 6) is 0.388. The molecule has 4 aromatic rings. The van der Waals surface area contributed by atoms with Crippen LogP contribution in [0.5, 0.6) is 5.75 Å². The molecule has 0 aliphatic rings. The summed E-state index contributed by atoms with van der Waals surface area (Å²) < 4.78 is 6.33. The largest absolute Gasteiger partial charge is 0.494 e. The lowest BCUT2D eigenvalue weighted by Crippen LogP contribution is -2.30. The molecule has 146 valence electrons. The number of fused-ring (bicyclic) bond motifs is 1. The molecule has 0 N–H and O–H groups in total. The fourth-order valence-electron chi connectivity index (χ4n) is 2.90. The minimum Gasteiger partial charge on any atom is -0.494 e. The van der Waals surface area contributed by atoms with Gasteiger partial charge >= 0.3 is 0 Å². The molecule has 0 unspecified atom stereocenters. The molecule has 0 aliphatic heterocycles. The lowest BCUT2D eigenvalue weighted by molar-refractivity contribution is 0.0985. The highest BCUT2D eigenvalue weighted by atomic mass is 35.5. The van der Waals surface area contributed by atoms with Crippen molar-refractivity contribution in [3.05, 3.63) is 82.1 Å². The monoisotopic (exact) mass is 443 g/mol. The molecule has 0 saturated heterocycles. The minimum atomic E-state index is -0.266. The van der Waals surface area contributed by atoms with Gasteiger partial charge < -0.3 is 4.74 Å². The maximum absolute atomic E-state index is 13.4. The third-order valence-corrected chi connectivity index (χ3v) is 5.70. The average Bonchev–Trinajstić information content (AvgIpc) is 3.15. The number of carbonyl (C=O) groups is 1. The van der Waals surface area contributed by atoms with Gasteiger partial charge in [-0.05, 0) is 42.5 Å². The quantitative estimate of drug-likeness (QED) is 0.387. The fourth-order valence-corrected chi connectivity index (χ4v) is 4.41. The number of aromatic nitrogens is 2. The van der Waals surface area contributed by atoms with Gasteiger partial charge in [0, 0.05) is 21.8 Å². The molecule has 2 aromatic heterocycles. The smallest absolute Gasteiger partial charge is 0.260 e. The van der Waals surface area contributed by atoms with Gasteiger partial charge in [-0.1, -0.05) is 46.7 Å². The number of halogens is 2. The number of hydrogen-bond acceptors (Lipinski definition) is 5. The Kier molecular flexibility index (Phi) is 5.67. The molecular weight excluding hydrogens is 429 g/mol. The highest BCUT2D eigenvalue weighted by molar-refractivity contribution is 7.22. The highest BCUT2D eigenvalue weighted by Gasteiger charge is 2.23. The number of ether oxygens (including phenoxy) is 1. The number of methoxy groups -OCH3 is 1. The summed E-state index contributed by atoms with van der Waals surface area (Å²) in [5, 5.41) is 1.32. The van der Waals surface area contributed by atoms with E-state index in [-0.39, 0.29) is 12.5 Å². The molecule has 8 heteroatoms. The summed E-state index contributed by atoms with van der Waals surface area (Å²) in [6.07, 6.45) is 1.69. The van der Waals surface area contributed by atoms with Crippen LogP contribution >= 0.6 is 34.5 Å². The maximum Gasteiger partial charge on any atom is 0.260 e. The maximum atomic E-state index is 13.4. The van der Waals surface area contributed by atoms with Crippen LogP contribution in [0, 0.1) is 0 Å². The van der Waals surface area contributed by atoms with Crippen LogP contribution in [0.2, 0.25) is 10.0 Å². The number of thiazole rings is 1. The molecule has 0 radical (unpaired) electrons. The van der Waals surface area contributed by atoms with Gasteiger partial charge in [-0.3, -0.25) is 14.7 Å². The second kappa shape index (κ2) is 8.37. The number of para-hydroxylation sites is 1. The van der Waals surface area contributed by atoms with Crippen LogP contribution in [0.25, 0.3) is 10.2 Å². The number of amides is 1. The molecule has 1 amide bonds. The summed E-state index contributed by atoms with van der Waals surface area (Å²) in [5.41, 5.74) is 1.82. The Balaban J connectivity index is 1.81. The van der Waals surface area contributed by atoms with Crippen LogP contribution in [-0.4, -0.2) is 23.0 Å². The van der Waals surface area contributed by atoms with Crippen LogP contribution in [-0.2, 0) is 6.54 Å². The van der Waals surface area contributed by atoms with Crippen LogP contribution < -0.4 is 9.64 Å². The third kappa shape index (κ3) is 4.19. The van der Waals surface area contributed by atoms with Gasteiger partial charge in [0.05, 0.1) is 24.0 Å². The van der Waals surface area contributed by atoms with Crippen LogP contribution in [0.4, 0.5) is 5.13 Å². The van der Waals surface area contributed by atoms with E-state index in [1.165, 1.54) is 11.3 Å². The normalized spacial score (nSPS) is 10.9. The second-order valence-electron chi connectivity index (χ2n) is 6.17. The lowest BCUT2D eigenvalue weighted by atomic mass is 10.2. The molecule has 4 rings (SSSR count). The molecule has 0 spiro atoms. The van der Waals surface area contributed by atoms with E-state index in [4.69, 9.17) is 27.9 Å². The van der Waals surface area contributed by atoms with Gasteiger partial charge in [-0.15, -0.1) is 0 Å². The van der Waals surface area contributed by atoms with Crippen molar-refractivity contribution in [2.24, 2.45) is 0 Å². The van der Waals surface area contributed by atoms with Gasteiger partial charge in [-0.25, -0.2) is 4.98 Å². The van der Waals surface area contributed by atoms with E-state index in [1.807, 2.05) is 36.4 Å². The van der Waals surface area contributed by atoms with E-state index in [0.717, 1.165) is 10.4 Å². The van der Waals surface area contributed by atoms with Gasteiger partial charge in [0.15, 0.2) is 5.13 Å². The second-order valence-corrected chi connectivity index (χ2v) is 8.06. The van der Waals surface area contributed by atoms with Crippen molar-refractivity contribution in [2.75, 3.05) is 12.0 Å².